The van der Waals surface area contributed by atoms with Crippen LogP contribution in [0.15, 0.2) is 22.7 Å². The molecule has 0 radical (unpaired) electrons. The van der Waals surface area contributed by atoms with Crippen LogP contribution in [-0.4, -0.2) is 11.9 Å². The van der Waals surface area contributed by atoms with Gasteiger partial charge in [-0.3, -0.25) is 4.79 Å². The Morgan fingerprint density at radius 3 is 2.44 bits per heavy atom. The number of carbonyl (C=O) groups is 1. The van der Waals surface area contributed by atoms with Crippen molar-refractivity contribution >= 4 is 21.8 Å². The summed E-state index contributed by atoms with van der Waals surface area (Å²) in [5.74, 6) is 0.741. The van der Waals surface area contributed by atoms with Gasteiger partial charge in [-0.05, 0) is 65.6 Å². The maximum atomic E-state index is 13.4. The SMILES string of the molecule is O=C(NC(C1CC1)C1CC1)c1cccc(F)c1Br. The molecule has 1 aromatic carbocycles. The van der Waals surface area contributed by atoms with Gasteiger partial charge in [0, 0.05) is 6.04 Å². The third-order valence-electron chi connectivity index (χ3n) is 3.75. The van der Waals surface area contributed by atoms with E-state index in [0.717, 1.165) is 0 Å². The van der Waals surface area contributed by atoms with Crippen LogP contribution >= 0.6 is 15.9 Å². The van der Waals surface area contributed by atoms with Gasteiger partial charge in [-0.1, -0.05) is 6.07 Å². The molecule has 2 aliphatic rings. The highest BCUT2D eigenvalue weighted by molar-refractivity contribution is 9.10. The molecule has 2 aliphatic carbocycles. The topological polar surface area (TPSA) is 29.1 Å². The number of carbonyl (C=O) groups excluding carboxylic acids is 1. The van der Waals surface area contributed by atoms with Crippen molar-refractivity contribution in [3.63, 3.8) is 0 Å². The van der Waals surface area contributed by atoms with E-state index in [2.05, 4.69) is 21.2 Å². The van der Waals surface area contributed by atoms with Crippen molar-refractivity contribution in [3.8, 4) is 0 Å². The van der Waals surface area contributed by atoms with E-state index in [1.54, 1.807) is 12.1 Å². The molecule has 0 aromatic heterocycles. The predicted octanol–water partition coefficient (Wildman–Crippen LogP) is 3.51. The first-order chi connectivity index (χ1) is 8.66. The van der Waals surface area contributed by atoms with Gasteiger partial charge in [0.15, 0.2) is 0 Å². The van der Waals surface area contributed by atoms with Crippen molar-refractivity contribution in [2.75, 3.05) is 0 Å². The van der Waals surface area contributed by atoms with Crippen LogP contribution in [0.4, 0.5) is 4.39 Å². The van der Waals surface area contributed by atoms with Crippen molar-refractivity contribution in [1.29, 1.82) is 0 Å². The molecule has 0 unspecified atom stereocenters. The van der Waals surface area contributed by atoms with E-state index in [1.165, 1.54) is 31.7 Å². The van der Waals surface area contributed by atoms with Gasteiger partial charge >= 0.3 is 0 Å². The minimum absolute atomic E-state index is 0.162. The van der Waals surface area contributed by atoms with Gasteiger partial charge in [0.1, 0.15) is 5.82 Å². The largest absolute Gasteiger partial charge is 0.349 e. The first kappa shape index (κ1) is 12.2. The molecule has 96 valence electrons. The second kappa shape index (κ2) is 4.65. The van der Waals surface area contributed by atoms with E-state index in [1.807, 2.05) is 0 Å². The summed E-state index contributed by atoms with van der Waals surface area (Å²) in [5, 5.41) is 3.09. The van der Waals surface area contributed by atoms with E-state index >= 15 is 0 Å². The van der Waals surface area contributed by atoms with E-state index in [-0.39, 0.29) is 10.4 Å². The molecule has 1 aromatic rings. The zero-order chi connectivity index (χ0) is 12.7. The number of hydrogen-bond acceptors (Lipinski definition) is 1. The standard InChI is InChI=1S/C14H15BrFNO/c15-12-10(2-1-3-11(12)16)14(18)17-13(8-4-5-8)9-6-7-9/h1-3,8-9,13H,4-7H2,(H,17,18). The molecule has 3 rings (SSSR count). The lowest BCUT2D eigenvalue weighted by molar-refractivity contribution is 0.0925. The predicted molar refractivity (Wildman–Crippen MR) is 70.8 cm³/mol. The smallest absolute Gasteiger partial charge is 0.252 e. The average molecular weight is 312 g/mol. The first-order valence-electron chi connectivity index (χ1n) is 6.41. The Balaban J connectivity index is 1.75. The molecule has 0 bridgehead atoms. The summed E-state index contributed by atoms with van der Waals surface area (Å²) in [6.45, 7) is 0. The van der Waals surface area contributed by atoms with Crippen molar-refractivity contribution in [2.45, 2.75) is 31.7 Å². The van der Waals surface area contributed by atoms with Crippen LogP contribution in [0.5, 0.6) is 0 Å². The first-order valence-corrected chi connectivity index (χ1v) is 7.21. The lowest BCUT2D eigenvalue weighted by atomic mass is 10.1. The van der Waals surface area contributed by atoms with E-state index in [9.17, 15) is 9.18 Å². The monoisotopic (exact) mass is 311 g/mol. The number of rotatable bonds is 4. The minimum atomic E-state index is -0.392. The van der Waals surface area contributed by atoms with E-state index < -0.39 is 5.82 Å². The van der Waals surface area contributed by atoms with Gasteiger partial charge < -0.3 is 5.32 Å². The molecule has 0 atom stereocenters. The molecule has 0 saturated heterocycles. The molecule has 0 aliphatic heterocycles. The van der Waals surface area contributed by atoms with E-state index in [0.29, 0.717) is 23.4 Å². The second-order valence-corrected chi connectivity index (χ2v) is 6.07. The summed E-state index contributed by atoms with van der Waals surface area (Å²) in [5.41, 5.74) is 0.390. The lowest BCUT2D eigenvalue weighted by Crippen LogP contribution is -2.38. The fourth-order valence-corrected chi connectivity index (χ4v) is 2.88. The fraction of sp³-hybridized carbons (Fsp3) is 0.500. The molecule has 18 heavy (non-hydrogen) atoms. The van der Waals surface area contributed by atoms with Gasteiger partial charge in [-0.25, -0.2) is 4.39 Å². The molecule has 2 fully saturated rings. The summed E-state index contributed by atoms with van der Waals surface area (Å²) >= 11 is 3.14. The Bertz CT molecular complexity index is 471. The number of benzene rings is 1. The Hall–Kier alpha value is -0.900. The molecular formula is C14H15BrFNO. The third kappa shape index (κ3) is 2.44. The zero-order valence-corrected chi connectivity index (χ0v) is 11.5. The highest BCUT2D eigenvalue weighted by Gasteiger charge is 2.42. The molecule has 2 saturated carbocycles. The number of hydrogen-bond donors (Lipinski definition) is 1. The van der Waals surface area contributed by atoms with Crippen molar-refractivity contribution in [2.24, 2.45) is 11.8 Å². The average Bonchev–Trinajstić information content (AvgIpc) is 3.22. The molecule has 4 heteroatoms. The molecule has 1 amide bonds. The van der Waals surface area contributed by atoms with Crippen molar-refractivity contribution in [3.05, 3.63) is 34.1 Å². The van der Waals surface area contributed by atoms with Crippen LogP contribution in [0.1, 0.15) is 36.0 Å². The summed E-state index contributed by atoms with van der Waals surface area (Å²) in [6.07, 6.45) is 4.86. The number of nitrogens with one attached hydrogen (secondary N) is 1. The maximum Gasteiger partial charge on any atom is 0.252 e. The fourth-order valence-electron chi connectivity index (χ4n) is 2.44. The van der Waals surface area contributed by atoms with Crippen LogP contribution in [-0.2, 0) is 0 Å². The molecule has 0 heterocycles. The van der Waals surface area contributed by atoms with Crippen molar-refractivity contribution < 1.29 is 9.18 Å². The molecular weight excluding hydrogens is 297 g/mol. The van der Waals surface area contributed by atoms with Crippen LogP contribution in [0.3, 0.4) is 0 Å². The quantitative estimate of drug-likeness (QED) is 0.906. The van der Waals surface area contributed by atoms with Gasteiger partial charge in [-0.2, -0.15) is 0 Å². The van der Waals surface area contributed by atoms with Crippen LogP contribution in [0.2, 0.25) is 0 Å². The van der Waals surface area contributed by atoms with Gasteiger partial charge in [0.2, 0.25) is 0 Å². The maximum absolute atomic E-state index is 13.4. The minimum Gasteiger partial charge on any atom is -0.349 e. The van der Waals surface area contributed by atoms with Gasteiger partial charge in [0.05, 0.1) is 10.0 Å². The van der Waals surface area contributed by atoms with E-state index in [4.69, 9.17) is 0 Å². The number of halogens is 2. The van der Waals surface area contributed by atoms with Crippen LogP contribution in [0.25, 0.3) is 0 Å². The third-order valence-corrected chi connectivity index (χ3v) is 4.56. The Kier molecular flexibility index (Phi) is 3.14. The molecule has 0 spiro atoms. The Morgan fingerprint density at radius 2 is 1.89 bits per heavy atom. The van der Waals surface area contributed by atoms with Gasteiger partial charge in [0.25, 0.3) is 5.91 Å². The normalized spacial score (nSPS) is 19.1. The van der Waals surface area contributed by atoms with Crippen molar-refractivity contribution in [1.82, 2.24) is 5.32 Å². The highest BCUT2D eigenvalue weighted by Crippen LogP contribution is 2.44. The Labute approximate surface area is 114 Å². The zero-order valence-electron chi connectivity index (χ0n) is 9.96. The van der Waals surface area contributed by atoms with Crippen LogP contribution < -0.4 is 5.32 Å². The molecule has 1 N–H and O–H groups in total. The highest BCUT2D eigenvalue weighted by atomic mass is 79.9. The molecule has 2 nitrogen and oxygen atoms in total. The summed E-state index contributed by atoms with van der Waals surface area (Å²) < 4.78 is 13.6. The lowest BCUT2D eigenvalue weighted by Gasteiger charge is -2.18. The van der Waals surface area contributed by atoms with Crippen LogP contribution in [0, 0.1) is 17.7 Å². The summed E-state index contributed by atoms with van der Waals surface area (Å²) in [6, 6.07) is 4.87. The number of amides is 1. The summed E-state index contributed by atoms with van der Waals surface area (Å²) in [4.78, 5) is 12.2. The van der Waals surface area contributed by atoms with Gasteiger partial charge in [-0.15, -0.1) is 0 Å². The Morgan fingerprint density at radius 1 is 1.28 bits per heavy atom. The second-order valence-electron chi connectivity index (χ2n) is 5.28. The summed E-state index contributed by atoms with van der Waals surface area (Å²) in [7, 11) is 0.